The van der Waals surface area contributed by atoms with E-state index in [9.17, 15) is 13.2 Å². The fourth-order valence-electron chi connectivity index (χ4n) is 3.41. The number of hydrogen-bond acceptors (Lipinski definition) is 5. The Morgan fingerprint density at radius 2 is 1.83 bits per heavy atom. The highest BCUT2D eigenvalue weighted by molar-refractivity contribution is 7.89. The van der Waals surface area contributed by atoms with Crippen molar-refractivity contribution in [1.82, 2.24) is 4.72 Å². The van der Waals surface area contributed by atoms with Gasteiger partial charge in [0.1, 0.15) is 5.75 Å². The minimum absolute atomic E-state index is 0.0190. The Morgan fingerprint density at radius 1 is 1.13 bits per heavy atom. The molecule has 0 spiro atoms. The van der Waals surface area contributed by atoms with E-state index in [1.54, 1.807) is 12.1 Å². The van der Waals surface area contributed by atoms with Gasteiger partial charge in [-0.2, -0.15) is 0 Å². The smallest absolute Gasteiger partial charge is 0.240 e. The standard InChI is InChI=1S/C22H29N3O4S/c1-3-29-20-8-10-21(11-9-20)30(27,28)23-14-12-22(26)24-18-4-6-19(7-5-18)25-15-13-17(2)16-25/h4-11,17,23H,3,12-16H2,1-2H3,(H,24,26). The van der Waals surface area contributed by atoms with Gasteiger partial charge in [-0.05, 0) is 67.8 Å². The SMILES string of the molecule is CCOc1ccc(S(=O)(=O)NCCC(=O)Nc2ccc(N3CCC(C)C3)cc2)cc1. The summed E-state index contributed by atoms with van der Waals surface area (Å²) >= 11 is 0. The molecule has 2 aromatic carbocycles. The van der Waals surface area contributed by atoms with E-state index >= 15 is 0 Å². The summed E-state index contributed by atoms with van der Waals surface area (Å²) in [5.41, 5.74) is 1.85. The summed E-state index contributed by atoms with van der Waals surface area (Å²) in [7, 11) is -3.67. The van der Waals surface area contributed by atoms with Crippen molar-refractivity contribution in [1.29, 1.82) is 0 Å². The minimum Gasteiger partial charge on any atom is -0.494 e. The highest BCUT2D eigenvalue weighted by atomic mass is 32.2. The van der Waals surface area contributed by atoms with Crippen LogP contribution in [0.5, 0.6) is 5.75 Å². The molecule has 0 aromatic heterocycles. The number of carbonyl (C=O) groups is 1. The molecule has 7 nitrogen and oxygen atoms in total. The van der Waals surface area contributed by atoms with E-state index in [4.69, 9.17) is 4.74 Å². The fourth-order valence-corrected chi connectivity index (χ4v) is 4.44. The predicted octanol–water partition coefficient (Wildman–Crippen LogP) is 3.24. The number of ether oxygens (including phenoxy) is 1. The summed E-state index contributed by atoms with van der Waals surface area (Å²) in [6, 6.07) is 13.9. The van der Waals surface area contributed by atoms with Crippen molar-refractivity contribution >= 4 is 27.3 Å². The highest BCUT2D eigenvalue weighted by Gasteiger charge is 2.19. The molecule has 2 N–H and O–H groups in total. The molecule has 0 saturated carbocycles. The van der Waals surface area contributed by atoms with E-state index in [-0.39, 0.29) is 23.8 Å². The Morgan fingerprint density at radius 3 is 2.43 bits per heavy atom. The zero-order valence-corrected chi connectivity index (χ0v) is 18.2. The Hall–Kier alpha value is -2.58. The zero-order valence-electron chi connectivity index (χ0n) is 17.4. The third kappa shape index (κ3) is 5.96. The number of anilines is 2. The highest BCUT2D eigenvalue weighted by Crippen LogP contribution is 2.24. The van der Waals surface area contributed by atoms with Gasteiger partial charge in [-0.15, -0.1) is 0 Å². The van der Waals surface area contributed by atoms with Gasteiger partial charge in [-0.1, -0.05) is 6.92 Å². The molecule has 162 valence electrons. The summed E-state index contributed by atoms with van der Waals surface area (Å²) < 4.78 is 32.4. The molecule has 0 aliphatic carbocycles. The Kier molecular flexibility index (Phi) is 7.33. The monoisotopic (exact) mass is 431 g/mol. The molecular weight excluding hydrogens is 402 g/mol. The molecular formula is C22H29N3O4S. The second-order valence-corrected chi connectivity index (χ2v) is 9.25. The van der Waals surface area contributed by atoms with Crippen molar-refractivity contribution in [2.24, 2.45) is 5.92 Å². The van der Waals surface area contributed by atoms with Gasteiger partial charge in [-0.3, -0.25) is 4.79 Å². The minimum atomic E-state index is -3.67. The van der Waals surface area contributed by atoms with Crippen molar-refractivity contribution in [3.8, 4) is 5.75 Å². The summed E-state index contributed by atoms with van der Waals surface area (Å²) in [4.78, 5) is 14.6. The Bertz CT molecular complexity index is 943. The van der Waals surface area contributed by atoms with E-state index < -0.39 is 10.0 Å². The number of nitrogens with zero attached hydrogens (tertiary/aromatic N) is 1. The van der Waals surface area contributed by atoms with E-state index in [1.807, 2.05) is 31.2 Å². The summed E-state index contributed by atoms with van der Waals surface area (Å²) in [5.74, 6) is 1.07. The topological polar surface area (TPSA) is 87.7 Å². The molecule has 0 radical (unpaired) electrons. The molecule has 1 heterocycles. The number of carbonyl (C=O) groups excluding carboxylic acids is 1. The van der Waals surface area contributed by atoms with Gasteiger partial charge in [0, 0.05) is 37.4 Å². The number of hydrogen-bond donors (Lipinski definition) is 2. The first-order chi connectivity index (χ1) is 14.4. The van der Waals surface area contributed by atoms with Crippen molar-refractivity contribution in [2.75, 3.05) is 36.5 Å². The van der Waals surface area contributed by atoms with Crippen LogP contribution in [-0.2, 0) is 14.8 Å². The van der Waals surface area contributed by atoms with Crippen LogP contribution in [0.15, 0.2) is 53.4 Å². The molecule has 2 aromatic rings. The summed E-state index contributed by atoms with van der Waals surface area (Å²) in [6.45, 7) is 6.75. The van der Waals surface area contributed by atoms with Crippen LogP contribution in [0.1, 0.15) is 26.7 Å². The van der Waals surface area contributed by atoms with Crippen LogP contribution in [0.2, 0.25) is 0 Å². The van der Waals surface area contributed by atoms with Gasteiger partial charge >= 0.3 is 0 Å². The Balaban J connectivity index is 1.46. The average molecular weight is 432 g/mol. The maximum absolute atomic E-state index is 12.3. The first-order valence-corrected chi connectivity index (χ1v) is 11.7. The van der Waals surface area contributed by atoms with Crippen LogP contribution in [0.3, 0.4) is 0 Å². The lowest BCUT2D eigenvalue weighted by Crippen LogP contribution is -2.27. The normalized spacial score (nSPS) is 16.5. The number of rotatable bonds is 9. The molecule has 1 aliphatic rings. The van der Waals surface area contributed by atoms with E-state index in [1.165, 1.54) is 18.6 Å². The van der Waals surface area contributed by atoms with Crippen LogP contribution >= 0.6 is 0 Å². The molecule has 1 atom stereocenters. The summed E-state index contributed by atoms with van der Waals surface area (Å²) in [6.07, 6.45) is 1.24. The van der Waals surface area contributed by atoms with E-state index in [0.29, 0.717) is 24.0 Å². The fraction of sp³-hybridized carbons (Fsp3) is 0.409. The summed E-state index contributed by atoms with van der Waals surface area (Å²) in [5, 5.41) is 2.81. The van der Waals surface area contributed by atoms with Crippen molar-refractivity contribution < 1.29 is 17.9 Å². The number of benzene rings is 2. The second-order valence-electron chi connectivity index (χ2n) is 7.49. The van der Waals surface area contributed by atoms with Gasteiger partial charge in [0.05, 0.1) is 11.5 Å². The van der Waals surface area contributed by atoms with Gasteiger partial charge in [0.25, 0.3) is 0 Å². The molecule has 3 rings (SSSR count). The molecule has 1 saturated heterocycles. The third-order valence-electron chi connectivity index (χ3n) is 5.03. The van der Waals surface area contributed by atoms with Crippen molar-refractivity contribution in [2.45, 2.75) is 31.6 Å². The number of amides is 1. The molecule has 30 heavy (non-hydrogen) atoms. The molecule has 1 aliphatic heterocycles. The van der Waals surface area contributed by atoms with Gasteiger partial charge in [0.2, 0.25) is 15.9 Å². The van der Waals surface area contributed by atoms with Crippen LogP contribution in [0.25, 0.3) is 0 Å². The zero-order chi connectivity index (χ0) is 21.6. The first-order valence-electron chi connectivity index (χ1n) is 10.2. The van der Waals surface area contributed by atoms with E-state index in [0.717, 1.165) is 18.8 Å². The maximum Gasteiger partial charge on any atom is 0.240 e. The number of sulfonamides is 1. The van der Waals surface area contributed by atoms with Crippen LogP contribution in [0, 0.1) is 5.92 Å². The van der Waals surface area contributed by atoms with Crippen molar-refractivity contribution in [3.63, 3.8) is 0 Å². The van der Waals surface area contributed by atoms with Crippen molar-refractivity contribution in [3.05, 3.63) is 48.5 Å². The lowest BCUT2D eigenvalue weighted by atomic mass is 10.2. The quantitative estimate of drug-likeness (QED) is 0.636. The lowest BCUT2D eigenvalue weighted by Gasteiger charge is -2.18. The first kappa shape index (κ1) is 22.1. The van der Waals surface area contributed by atoms with Crippen LogP contribution in [0.4, 0.5) is 11.4 Å². The van der Waals surface area contributed by atoms with Crippen LogP contribution in [-0.4, -0.2) is 40.6 Å². The van der Waals surface area contributed by atoms with Gasteiger partial charge in [0.15, 0.2) is 0 Å². The van der Waals surface area contributed by atoms with E-state index in [2.05, 4.69) is 21.9 Å². The average Bonchev–Trinajstić information content (AvgIpc) is 3.15. The van der Waals surface area contributed by atoms with Gasteiger partial charge in [-0.25, -0.2) is 13.1 Å². The third-order valence-corrected chi connectivity index (χ3v) is 6.51. The molecule has 0 bridgehead atoms. The molecule has 1 unspecified atom stereocenters. The van der Waals surface area contributed by atoms with Gasteiger partial charge < -0.3 is 15.0 Å². The maximum atomic E-state index is 12.3. The molecule has 1 fully saturated rings. The molecule has 1 amide bonds. The Labute approximate surface area is 178 Å². The van der Waals surface area contributed by atoms with Crippen LogP contribution < -0.4 is 19.7 Å². The molecule has 8 heteroatoms. The lowest BCUT2D eigenvalue weighted by molar-refractivity contribution is -0.116. The largest absolute Gasteiger partial charge is 0.494 e. The number of nitrogens with one attached hydrogen (secondary N) is 2. The second kappa shape index (κ2) is 9.95. The predicted molar refractivity (Wildman–Crippen MR) is 118 cm³/mol.